The van der Waals surface area contributed by atoms with Crippen LogP contribution in [0.2, 0.25) is 0 Å². The second-order valence-corrected chi connectivity index (χ2v) is 2.91. The Balaban J connectivity index is 2.90. The summed E-state index contributed by atoms with van der Waals surface area (Å²) in [5, 5.41) is 20.8. The molecular formula is C9H12N2O4. The fourth-order valence-corrected chi connectivity index (χ4v) is 0.973. The molecule has 0 radical (unpaired) electrons. The van der Waals surface area contributed by atoms with Gasteiger partial charge >= 0.3 is 5.97 Å². The van der Waals surface area contributed by atoms with E-state index in [-0.39, 0.29) is 17.3 Å². The van der Waals surface area contributed by atoms with Crippen LogP contribution in [0, 0.1) is 0 Å². The molecule has 0 aliphatic heterocycles. The van der Waals surface area contributed by atoms with Gasteiger partial charge < -0.3 is 20.3 Å². The fraction of sp³-hybridized carbons (Fsp3) is 0.333. The Labute approximate surface area is 86.5 Å². The summed E-state index contributed by atoms with van der Waals surface area (Å²) in [6.45, 7) is 1.45. The molecule has 6 heteroatoms. The third kappa shape index (κ3) is 2.49. The quantitative estimate of drug-likeness (QED) is 0.679. The van der Waals surface area contributed by atoms with E-state index in [1.54, 1.807) is 0 Å². The Morgan fingerprint density at radius 2 is 2.33 bits per heavy atom. The van der Waals surface area contributed by atoms with Crippen molar-refractivity contribution in [1.29, 1.82) is 0 Å². The standard InChI is InChI=1S/C9H12N2O4/c1-5(9(13)14)11-8-7(12)6(15-2)3-4-10-8/h3-5,12H,1-2H3,(H,10,11)(H,13,14). The molecule has 1 unspecified atom stereocenters. The van der Waals surface area contributed by atoms with E-state index in [1.807, 2.05) is 0 Å². The number of anilines is 1. The number of aromatic hydroxyl groups is 1. The lowest BCUT2D eigenvalue weighted by atomic mass is 10.3. The zero-order valence-electron chi connectivity index (χ0n) is 8.39. The monoisotopic (exact) mass is 212 g/mol. The molecule has 15 heavy (non-hydrogen) atoms. The van der Waals surface area contributed by atoms with Crippen molar-refractivity contribution in [2.24, 2.45) is 0 Å². The van der Waals surface area contributed by atoms with Crippen LogP contribution < -0.4 is 10.1 Å². The Morgan fingerprint density at radius 1 is 1.67 bits per heavy atom. The smallest absolute Gasteiger partial charge is 0.325 e. The second kappa shape index (κ2) is 4.50. The van der Waals surface area contributed by atoms with Gasteiger partial charge in [-0.15, -0.1) is 0 Å². The molecule has 0 saturated heterocycles. The molecule has 6 nitrogen and oxygen atoms in total. The van der Waals surface area contributed by atoms with Crippen LogP contribution in [-0.4, -0.2) is 34.3 Å². The molecular weight excluding hydrogens is 200 g/mol. The van der Waals surface area contributed by atoms with E-state index in [0.29, 0.717) is 0 Å². The maximum Gasteiger partial charge on any atom is 0.325 e. The number of carboxylic acid groups (broad SMARTS) is 1. The number of ether oxygens (including phenoxy) is 1. The molecule has 3 N–H and O–H groups in total. The first kappa shape index (κ1) is 11.1. The molecule has 0 spiro atoms. The average molecular weight is 212 g/mol. The number of hydrogen-bond acceptors (Lipinski definition) is 5. The first-order chi connectivity index (χ1) is 7.06. The SMILES string of the molecule is COc1ccnc(NC(C)C(=O)O)c1O. The van der Waals surface area contributed by atoms with Crippen molar-refractivity contribution in [3.8, 4) is 11.5 Å². The maximum atomic E-state index is 10.6. The third-order valence-electron chi connectivity index (χ3n) is 1.83. The zero-order valence-corrected chi connectivity index (χ0v) is 8.39. The highest BCUT2D eigenvalue weighted by Crippen LogP contribution is 2.31. The van der Waals surface area contributed by atoms with Gasteiger partial charge in [-0.3, -0.25) is 4.79 Å². The molecule has 1 heterocycles. The summed E-state index contributed by atoms with van der Waals surface area (Å²) in [4.78, 5) is 14.4. The molecule has 1 atom stereocenters. The van der Waals surface area contributed by atoms with Crippen molar-refractivity contribution < 1.29 is 19.7 Å². The van der Waals surface area contributed by atoms with Gasteiger partial charge in [0, 0.05) is 12.3 Å². The van der Waals surface area contributed by atoms with Crippen molar-refractivity contribution in [2.75, 3.05) is 12.4 Å². The summed E-state index contributed by atoms with van der Waals surface area (Å²) in [6.07, 6.45) is 1.41. The van der Waals surface area contributed by atoms with Crippen molar-refractivity contribution in [2.45, 2.75) is 13.0 Å². The maximum absolute atomic E-state index is 10.6. The predicted octanol–water partition coefficient (Wildman–Crippen LogP) is 0.681. The molecule has 0 fully saturated rings. The van der Waals surface area contributed by atoms with Crippen LogP contribution in [0.5, 0.6) is 11.5 Å². The van der Waals surface area contributed by atoms with Gasteiger partial charge in [0.2, 0.25) is 5.75 Å². The largest absolute Gasteiger partial charge is 0.502 e. The van der Waals surface area contributed by atoms with Crippen LogP contribution in [0.4, 0.5) is 5.82 Å². The Hall–Kier alpha value is -1.98. The summed E-state index contributed by atoms with van der Waals surface area (Å²) in [6, 6.07) is 0.641. The van der Waals surface area contributed by atoms with Crippen molar-refractivity contribution in [3.63, 3.8) is 0 Å². The van der Waals surface area contributed by atoms with E-state index in [0.717, 1.165) is 0 Å². The summed E-state index contributed by atoms with van der Waals surface area (Å²) >= 11 is 0. The summed E-state index contributed by atoms with van der Waals surface area (Å²) < 4.78 is 4.85. The van der Waals surface area contributed by atoms with Gasteiger partial charge in [-0.25, -0.2) is 4.98 Å². The van der Waals surface area contributed by atoms with Crippen LogP contribution in [-0.2, 0) is 4.79 Å². The van der Waals surface area contributed by atoms with E-state index in [2.05, 4.69) is 10.3 Å². The van der Waals surface area contributed by atoms with Gasteiger partial charge in [0.25, 0.3) is 0 Å². The van der Waals surface area contributed by atoms with Crippen LogP contribution >= 0.6 is 0 Å². The fourth-order valence-electron chi connectivity index (χ4n) is 0.973. The van der Waals surface area contributed by atoms with Crippen LogP contribution in [0.25, 0.3) is 0 Å². The molecule has 1 aromatic rings. The molecule has 0 aliphatic carbocycles. The van der Waals surface area contributed by atoms with Gasteiger partial charge in [0.05, 0.1) is 7.11 Å². The van der Waals surface area contributed by atoms with Crippen molar-refractivity contribution in [3.05, 3.63) is 12.3 Å². The number of methoxy groups -OCH3 is 1. The Morgan fingerprint density at radius 3 is 2.87 bits per heavy atom. The van der Waals surface area contributed by atoms with Gasteiger partial charge in [-0.05, 0) is 6.92 Å². The number of aromatic nitrogens is 1. The van der Waals surface area contributed by atoms with Gasteiger partial charge in [-0.1, -0.05) is 0 Å². The predicted molar refractivity (Wildman–Crippen MR) is 53.2 cm³/mol. The number of aliphatic carboxylic acids is 1. The van der Waals surface area contributed by atoms with Gasteiger partial charge in [0.15, 0.2) is 11.6 Å². The minimum Gasteiger partial charge on any atom is -0.502 e. The number of hydrogen-bond donors (Lipinski definition) is 3. The van der Waals surface area contributed by atoms with Crippen molar-refractivity contribution >= 4 is 11.8 Å². The van der Waals surface area contributed by atoms with Gasteiger partial charge in [0.1, 0.15) is 6.04 Å². The summed E-state index contributed by atoms with van der Waals surface area (Å²) in [5.74, 6) is -0.901. The molecule has 0 aromatic carbocycles. The highest BCUT2D eigenvalue weighted by molar-refractivity contribution is 5.77. The van der Waals surface area contributed by atoms with Crippen LogP contribution in [0.15, 0.2) is 12.3 Å². The average Bonchev–Trinajstić information content (AvgIpc) is 2.21. The zero-order chi connectivity index (χ0) is 11.4. The van der Waals surface area contributed by atoms with Gasteiger partial charge in [-0.2, -0.15) is 0 Å². The molecule has 1 aromatic heterocycles. The topological polar surface area (TPSA) is 91.7 Å². The number of carbonyl (C=O) groups is 1. The molecule has 1 rings (SSSR count). The molecule has 82 valence electrons. The number of nitrogens with zero attached hydrogens (tertiary/aromatic N) is 1. The first-order valence-electron chi connectivity index (χ1n) is 4.27. The highest BCUT2D eigenvalue weighted by Gasteiger charge is 2.15. The lowest BCUT2D eigenvalue weighted by molar-refractivity contribution is -0.137. The van der Waals surface area contributed by atoms with Crippen LogP contribution in [0.3, 0.4) is 0 Å². The van der Waals surface area contributed by atoms with E-state index >= 15 is 0 Å². The number of nitrogens with one attached hydrogen (secondary N) is 1. The molecule has 0 aliphatic rings. The number of rotatable bonds is 4. The molecule has 0 bridgehead atoms. The second-order valence-electron chi connectivity index (χ2n) is 2.91. The minimum atomic E-state index is -1.03. The van der Waals surface area contributed by atoms with E-state index in [4.69, 9.17) is 9.84 Å². The normalized spacial score (nSPS) is 11.9. The van der Waals surface area contributed by atoms with E-state index < -0.39 is 12.0 Å². The molecule has 0 amide bonds. The van der Waals surface area contributed by atoms with Crippen LogP contribution in [0.1, 0.15) is 6.92 Å². The number of carboxylic acids is 1. The lowest BCUT2D eigenvalue weighted by Gasteiger charge is -2.12. The van der Waals surface area contributed by atoms with E-state index in [9.17, 15) is 9.90 Å². The highest BCUT2D eigenvalue weighted by atomic mass is 16.5. The summed E-state index contributed by atoms with van der Waals surface area (Å²) in [7, 11) is 1.40. The Kier molecular flexibility index (Phi) is 3.33. The molecule has 0 saturated carbocycles. The first-order valence-corrected chi connectivity index (χ1v) is 4.27. The van der Waals surface area contributed by atoms with E-state index in [1.165, 1.54) is 26.3 Å². The van der Waals surface area contributed by atoms with Crippen molar-refractivity contribution in [1.82, 2.24) is 4.98 Å². The summed E-state index contributed by atoms with van der Waals surface area (Å²) in [5.41, 5.74) is 0. The number of pyridine rings is 1. The Bertz CT molecular complexity index is 367. The third-order valence-corrected chi connectivity index (χ3v) is 1.83. The minimum absolute atomic E-state index is 0.0873. The lowest BCUT2D eigenvalue weighted by Crippen LogP contribution is -2.25.